The summed E-state index contributed by atoms with van der Waals surface area (Å²) in [6.07, 6.45) is 2.60. The van der Waals surface area contributed by atoms with Crippen molar-refractivity contribution in [2.75, 3.05) is 13.2 Å². The Morgan fingerprint density at radius 3 is 2.65 bits per heavy atom. The average molecular weight is 371 g/mol. The molecule has 0 bridgehead atoms. The van der Waals surface area contributed by atoms with E-state index < -0.39 is 5.97 Å². The normalized spacial score (nSPS) is 10.7. The number of para-hydroxylation sites is 1. The Kier molecular flexibility index (Phi) is 5.92. The van der Waals surface area contributed by atoms with E-state index in [1.165, 1.54) is 0 Å². The fourth-order valence-corrected chi connectivity index (χ4v) is 2.80. The van der Waals surface area contributed by atoms with Crippen molar-refractivity contribution >= 4 is 34.4 Å². The molecule has 2 N–H and O–H groups in total. The first-order valence-corrected chi connectivity index (χ1v) is 8.71. The van der Waals surface area contributed by atoms with E-state index in [1.807, 2.05) is 48.5 Å². The Balaban J connectivity index is 1.39. The molecule has 0 spiro atoms. The molecule has 0 aliphatic heterocycles. The minimum Gasteiger partial charge on any atom is -0.455 e. The molecule has 0 saturated heterocycles. The van der Waals surface area contributed by atoms with E-state index >= 15 is 0 Å². The zero-order valence-corrected chi connectivity index (χ0v) is 14.9. The maximum absolute atomic E-state index is 12.0. The van der Waals surface area contributed by atoms with Crippen molar-refractivity contribution in [3.8, 4) is 0 Å². The minimum absolute atomic E-state index is 0.127. The average Bonchev–Trinajstić information content (AvgIpc) is 3.05. The summed E-state index contributed by atoms with van der Waals surface area (Å²) in [6.45, 7) is 0.197. The molecule has 6 heteroatoms. The fourth-order valence-electron chi connectivity index (χ4n) is 2.68. The number of hydrogen-bond acceptors (Lipinski definition) is 3. The number of rotatable bonds is 7. The van der Waals surface area contributed by atoms with E-state index in [4.69, 9.17) is 16.3 Å². The second-order valence-corrected chi connectivity index (χ2v) is 6.36. The molecule has 5 nitrogen and oxygen atoms in total. The van der Waals surface area contributed by atoms with Crippen molar-refractivity contribution in [3.05, 3.63) is 70.9 Å². The van der Waals surface area contributed by atoms with Gasteiger partial charge in [-0.25, -0.2) is 0 Å². The predicted molar refractivity (Wildman–Crippen MR) is 101 cm³/mol. The Hall–Kier alpha value is -2.79. The third kappa shape index (κ3) is 4.86. The smallest absolute Gasteiger partial charge is 0.310 e. The van der Waals surface area contributed by atoms with Gasteiger partial charge in [0.05, 0.1) is 6.42 Å². The number of carbonyl (C=O) groups is 2. The Morgan fingerprint density at radius 2 is 1.85 bits per heavy atom. The van der Waals surface area contributed by atoms with Crippen LogP contribution in [0.3, 0.4) is 0 Å². The van der Waals surface area contributed by atoms with Crippen LogP contribution in [-0.4, -0.2) is 30.0 Å². The van der Waals surface area contributed by atoms with Gasteiger partial charge in [-0.3, -0.25) is 9.59 Å². The summed E-state index contributed by atoms with van der Waals surface area (Å²) in [6, 6.07) is 15.2. The van der Waals surface area contributed by atoms with Crippen LogP contribution in [0.4, 0.5) is 0 Å². The molecular weight excluding hydrogens is 352 g/mol. The van der Waals surface area contributed by atoms with Crippen LogP contribution in [0.25, 0.3) is 10.9 Å². The lowest BCUT2D eigenvalue weighted by Crippen LogP contribution is -2.30. The number of ether oxygens (including phenoxy) is 1. The van der Waals surface area contributed by atoms with Gasteiger partial charge in [0.1, 0.15) is 0 Å². The van der Waals surface area contributed by atoms with Gasteiger partial charge in [0, 0.05) is 28.7 Å². The Bertz CT molecular complexity index is 903. The Labute approximate surface area is 156 Å². The molecule has 1 heterocycles. The molecule has 2 aromatic carbocycles. The number of hydrogen-bond donors (Lipinski definition) is 2. The number of halogens is 1. The molecule has 1 amide bonds. The number of carbonyl (C=O) groups excluding carboxylic acids is 2. The summed E-state index contributed by atoms with van der Waals surface area (Å²) >= 11 is 5.83. The zero-order valence-electron chi connectivity index (χ0n) is 14.1. The molecule has 0 aliphatic carbocycles. The highest BCUT2D eigenvalue weighted by molar-refractivity contribution is 6.30. The highest BCUT2D eigenvalue weighted by Crippen LogP contribution is 2.18. The van der Waals surface area contributed by atoms with Crippen molar-refractivity contribution in [1.82, 2.24) is 10.3 Å². The van der Waals surface area contributed by atoms with Crippen molar-refractivity contribution in [2.45, 2.75) is 12.8 Å². The van der Waals surface area contributed by atoms with Crippen molar-refractivity contribution in [3.63, 3.8) is 0 Å². The van der Waals surface area contributed by atoms with Gasteiger partial charge in [-0.05, 0) is 35.7 Å². The second-order valence-electron chi connectivity index (χ2n) is 5.92. The summed E-state index contributed by atoms with van der Waals surface area (Å²) in [5, 5.41) is 4.40. The van der Waals surface area contributed by atoms with Crippen LogP contribution in [0.5, 0.6) is 0 Å². The molecule has 0 unspecified atom stereocenters. The number of H-pyrrole nitrogens is 1. The summed E-state index contributed by atoms with van der Waals surface area (Å²) in [5.41, 5.74) is 2.90. The largest absolute Gasteiger partial charge is 0.455 e. The van der Waals surface area contributed by atoms with Crippen LogP contribution in [-0.2, 0) is 27.2 Å². The molecule has 0 saturated carbocycles. The topological polar surface area (TPSA) is 71.2 Å². The van der Waals surface area contributed by atoms with Gasteiger partial charge >= 0.3 is 5.97 Å². The lowest BCUT2D eigenvalue weighted by Gasteiger charge is -2.07. The van der Waals surface area contributed by atoms with Crippen molar-refractivity contribution < 1.29 is 14.3 Å². The van der Waals surface area contributed by atoms with Crippen LogP contribution in [0.1, 0.15) is 11.1 Å². The lowest BCUT2D eigenvalue weighted by molar-refractivity contribution is -0.147. The van der Waals surface area contributed by atoms with Crippen LogP contribution in [0.15, 0.2) is 54.7 Å². The van der Waals surface area contributed by atoms with E-state index in [-0.39, 0.29) is 18.9 Å². The number of aromatic amines is 1. The first-order valence-electron chi connectivity index (χ1n) is 8.33. The molecule has 0 aliphatic rings. The minimum atomic E-state index is -0.428. The summed E-state index contributed by atoms with van der Waals surface area (Å²) in [4.78, 5) is 26.9. The molecule has 3 rings (SSSR count). The Morgan fingerprint density at radius 1 is 1.08 bits per heavy atom. The molecule has 0 fully saturated rings. The fraction of sp³-hybridized carbons (Fsp3) is 0.200. The number of esters is 1. The van der Waals surface area contributed by atoms with Gasteiger partial charge in [0.25, 0.3) is 5.91 Å². The maximum Gasteiger partial charge on any atom is 0.310 e. The first kappa shape index (κ1) is 18.0. The highest BCUT2D eigenvalue weighted by atomic mass is 35.5. The number of aromatic nitrogens is 1. The molecular formula is C20H19ClN2O3. The van der Waals surface area contributed by atoms with E-state index in [2.05, 4.69) is 10.3 Å². The maximum atomic E-state index is 12.0. The van der Waals surface area contributed by atoms with Gasteiger partial charge in [0.2, 0.25) is 0 Å². The monoisotopic (exact) mass is 370 g/mol. The SMILES string of the molecule is O=C(COC(=O)Cc1c[nH]c2ccccc12)NCCc1ccc(Cl)cc1. The predicted octanol–water partition coefficient (Wildman–Crippen LogP) is 3.27. The molecule has 26 heavy (non-hydrogen) atoms. The summed E-state index contributed by atoms with van der Waals surface area (Å²) < 4.78 is 5.06. The van der Waals surface area contributed by atoms with E-state index in [0.717, 1.165) is 22.0 Å². The molecule has 0 radical (unpaired) electrons. The van der Waals surface area contributed by atoms with E-state index in [9.17, 15) is 9.59 Å². The van der Waals surface area contributed by atoms with Gasteiger partial charge in [-0.15, -0.1) is 0 Å². The molecule has 0 atom stereocenters. The van der Waals surface area contributed by atoms with Crippen molar-refractivity contribution in [2.24, 2.45) is 0 Å². The number of fused-ring (bicyclic) bond motifs is 1. The molecule has 134 valence electrons. The summed E-state index contributed by atoms with van der Waals surface area (Å²) in [7, 11) is 0. The van der Waals surface area contributed by atoms with Crippen molar-refractivity contribution in [1.29, 1.82) is 0 Å². The van der Waals surface area contributed by atoms with Crippen LogP contribution < -0.4 is 5.32 Å². The van der Waals surface area contributed by atoms with Gasteiger partial charge < -0.3 is 15.0 Å². The summed E-state index contributed by atoms with van der Waals surface area (Å²) in [5.74, 6) is -0.742. The standard InChI is InChI=1S/C20H19ClN2O3/c21-16-7-5-14(6-8-16)9-10-22-19(24)13-26-20(25)11-15-12-23-18-4-2-1-3-17(15)18/h1-8,12,23H,9-11,13H2,(H,22,24). The van der Waals surface area contributed by atoms with Gasteiger partial charge in [0.15, 0.2) is 6.61 Å². The quantitative estimate of drug-likeness (QED) is 0.627. The van der Waals surface area contributed by atoms with Gasteiger partial charge in [-0.1, -0.05) is 41.9 Å². The number of benzene rings is 2. The zero-order chi connectivity index (χ0) is 18.4. The van der Waals surface area contributed by atoms with Crippen LogP contribution >= 0.6 is 11.6 Å². The third-order valence-electron chi connectivity index (χ3n) is 4.02. The second kappa shape index (κ2) is 8.54. The lowest BCUT2D eigenvalue weighted by atomic mass is 10.1. The number of amides is 1. The highest BCUT2D eigenvalue weighted by Gasteiger charge is 2.11. The van der Waals surface area contributed by atoms with E-state index in [0.29, 0.717) is 18.0 Å². The molecule has 1 aromatic heterocycles. The van der Waals surface area contributed by atoms with E-state index in [1.54, 1.807) is 6.20 Å². The molecule has 3 aromatic rings. The third-order valence-corrected chi connectivity index (χ3v) is 4.28. The first-order chi connectivity index (χ1) is 12.6. The number of nitrogens with one attached hydrogen (secondary N) is 2. The van der Waals surface area contributed by atoms with Gasteiger partial charge in [-0.2, -0.15) is 0 Å². The van der Waals surface area contributed by atoms with Crippen LogP contribution in [0.2, 0.25) is 5.02 Å². The van der Waals surface area contributed by atoms with Crippen LogP contribution in [0, 0.1) is 0 Å².